The summed E-state index contributed by atoms with van der Waals surface area (Å²) < 4.78 is 71.8. The smallest absolute Gasteiger partial charge is 0.435 e. The SMILES string of the molecule is O=S(=O)(Nc1cc(C(O)CNCCOc2ccc3c(C(F)(F)F)n[nH]c3c2)ccc1Cl)c1cccs1. The Morgan fingerprint density at radius 1 is 1.19 bits per heavy atom. The lowest BCUT2D eigenvalue weighted by Crippen LogP contribution is -2.26. The summed E-state index contributed by atoms with van der Waals surface area (Å²) >= 11 is 7.20. The Balaban J connectivity index is 1.29. The number of ether oxygens (including phenoxy) is 1. The molecule has 4 aromatic rings. The third-order valence-electron chi connectivity index (χ3n) is 5.07. The molecule has 0 saturated carbocycles. The number of hydrogen-bond acceptors (Lipinski definition) is 7. The lowest BCUT2D eigenvalue weighted by atomic mass is 10.1. The molecule has 0 aliphatic heterocycles. The highest BCUT2D eigenvalue weighted by Crippen LogP contribution is 2.34. The second kappa shape index (κ2) is 10.6. The van der Waals surface area contributed by atoms with Crippen LogP contribution < -0.4 is 14.8 Å². The van der Waals surface area contributed by atoms with Crippen molar-refractivity contribution in [3.63, 3.8) is 0 Å². The van der Waals surface area contributed by atoms with E-state index in [1.54, 1.807) is 17.5 Å². The van der Waals surface area contributed by atoms with Gasteiger partial charge in [0.05, 0.1) is 22.3 Å². The number of aliphatic hydroxyl groups excluding tert-OH is 1. The molecule has 0 amide bonds. The molecule has 2 heterocycles. The number of nitrogens with zero attached hydrogens (tertiary/aromatic N) is 1. The number of nitrogens with one attached hydrogen (secondary N) is 3. The van der Waals surface area contributed by atoms with E-state index in [-0.39, 0.29) is 39.0 Å². The summed E-state index contributed by atoms with van der Waals surface area (Å²) in [6.45, 7) is 0.652. The molecule has 36 heavy (non-hydrogen) atoms. The van der Waals surface area contributed by atoms with Crippen LogP contribution in [0.15, 0.2) is 58.1 Å². The predicted molar refractivity (Wildman–Crippen MR) is 131 cm³/mol. The molecule has 2 aromatic carbocycles. The van der Waals surface area contributed by atoms with E-state index in [1.165, 1.54) is 36.4 Å². The number of fused-ring (bicyclic) bond motifs is 1. The molecule has 0 bridgehead atoms. The fourth-order valence-corrected chi connectivity index (χ4v) is 5.63. The van der Waals surface area contributed by atoms with E-state index in [1.807, 2.05) is 0 Å². The number of anilines is 1. The topological polar surface area (TPSA) is 116 Å². The van der Waals surface area contributed by atoms with Gasteiger partial charge < -0.3 is 15.2 Å². The molecule has 1 atom stereocenters. The van der Waals surface area contributed by atoms with Crippen molar-refractivity contribution in [3.05, 3.63) is 70.2 Å². The summed E-state index contributed by atoms with van der Waals surface area (Å²) in [6, 6.07) is 11.8. The number of halogens is 4. The first-order valence-corrected chi connectivity index (χ1v) is 13.2. The molecule has 4 N–H and O–H groups in total. The van der Waals surface area contributed by atoms with Crippen molar-refractivity contribution in [1.29, 1.82) is 0 Å². The lowest BCUT2D eigenvalue weighted by Gasteiger charge is -2.15. The van der Waals surface area contributed by atoms with E-state index in [0.717, 1.165) is 11.3 Å². The number of H-pyrrole nitrogens is 1. The highest BCUT2D eigenvalue weighted by Gasteiger charge is 2.35. The molecule has 8 nitrogen and oxygen atoms in total. The van der Waals surface area contributed by atoms with Crippen LogP contribution in [0, 0.1) is 0 Å². The Morgan fingerprint density at radius 3 is 2.72 bits per heavy atom. The average Bonchev–Trinajstić information content (AvgIpc) is 3.50. The summed E-state index contributed by atoms with van der Waals surface area (Å²) in [7, 11) is -3.80. The van der Waals surface area contributed by atoms with Crippen LogP contribution in [0.2, 0.25) is 5.02 Å². The third-order valence-corrected chi connectivity index (χ3v) is 8.16. The molecule has 2 aromatic heterocycles. The summed E-state index contributed by atoms with van der Waals surface area (Å²) in [5.41, 5.74) is -0.185. The van der Waals surface area contributed by atoms with Gasteiger partial charge >= 0.3 is 6.18 Å². The van der Waals surface area contributed by atoms with Crippen LogP contribution >= 0.6 is 22.9 Å². The Hall–Kier alpha value is -2.84. The number of alkyl halides is 3. The number of hydrogen-bond donors (Lipinski definition) is 4. The number of aliphatic hydroxyl groups is 1. The van der Waals surface area contributed by atoms with Gasteiger partial charge in [0.15, 0.2) is 5.69 Å². The second-order valence-electron chi connectivity index (χ2n) is 7.62. The predicted octanol–water partition coefficient (Wildman–Crippen LogP) is 4.80. The molecule has 14 heteroatoms. The van der Waals surface area contributed by atoms with Crippen LogP contribution in [0.4, 0.5) is 18.9 Å². The van der Waals surface area contributed by atoms with Crippen molar-refractivity contribution in [1.82, 2.24) is 15.5 Å². The van der Waals surface area contributed by atoms with E-state index in [0.29, 0.717) is 17.9 Å². The fraction of sp³-hybridized carbons (Fsp3) is 0.227. The second-order valence-corrected chi connectivity index (χ2v) is 10.9. The van der Waals surface area contributed by atoms with Gasteiger partial charge in [-0.05, 0) is 41.3 Å². The maximum atomic E-state index is 12.9. The van der Waals surface area contributed by atoms with Crippen LogP contribution in [-0.4, -0.2) is 43.4 Å². The van der Waals surface area contributed by atoms with Gasteiger partial charge in [-0.15, -0.1) is 11.3 Å². The zero-order valence-electron chi connectivity index (χ0n) is 18.3. The van der Waals surface area contributed by atoms with Crippen molar-refractivity contribution in [3.8, 4) is 5.75 Å². The first-order valence-electron chi connectivity index (χ1n) is 10.5. The Labute approximate surface area is 213 Å². The summed E-state index contributed by atoms with van der Waals surface area (Å²) in [6.07, 6.45) is -5.51. The largest absolute Gasteiger partial charge is 0.492 e. The minimum absolute atomic E-state index is 0.0453. The van der Waals surface area contributed by atoms with Crippen molar-refractivity contribution in [2.24, 2.45) is 0 Å². The third kappa shape index (κ3) is 6.10. The number of rotatable bonds is 10. The van der Waals surface area contributed by atoms with Gasteiger partial charge in [0, 0.05) is 24.5 Å². The number of aromatic amines is 1. The quantitative estimate of drug-likeness (QED) is 0.207. The van der Waals surface area contributed by atoms with E-state index in [9.17, 15) is 26.7 Å². The molecule has 192 valence electrons. The Bertz CT molecular complexity index is 1440. The van der Waals surface area contributed by atoms with E-state index in [4.69, 9.17) is 16.3 Å². The molecule has 4 rings (SSSR count). The highest BCUT2D eigenvalue weighted by molar-refractivity contribution is 7.94. The van der Waals surface area contributed by atoms with Gasteiger partial charge in [0.2, 0.25) is 0 Å². The highest BCUT2D eigenvalue weighted by atomic mass is 35.5. The number of sulfonamides is 1. The average molecular weight is 561 g/mol. The number of aromatic nitrogens is 2. The van der Waals surface area contributed by atoms with Crippen LogP contribution in [0.5, 0.6) is 5.75 Å². The van der Waals surface area contributed by atoms with Crippen LogP contribution in [0.25, 0.3) is 10.9 Å². The first-order chi connectivity index (χ1) is 17.0. The van der Waals surface area contributed by atoms with Gasteiger partial charge in [0.25, 0.3) is 10.0 Å². The summed E-state index contributed by atoms with van der Waals surface area (Å²) in [5.74, 6) is 0.364. The standard InChI is InChI=1S/C22H20ClF3N4O4S2/c23-16-6-3-13(10-18(16)30-36(32,33)20-2-1-9-35-20)19(31)12-27-7-8-34-14-4-5-15-17(11-14)28-29-21(15)22(24,25)26/h1-6,9-11,19,27,30-31H,7-8,12H2,(H,28,29). The molecular formula is C22H20ClF3N4O4S2. The zero-order valence-corrected chi connectivity index (χ0v) is 20.7. The van der Waals surface area contributed by atoms with Gasteiger partial charge in [-0.1, -0.05) is 23.7 Å². The minimum atomic E-state index is -4.55. The van der Waals surface area contributed by atoms with Gasteiger partial charge in [0.1, 0.15) is 16.6 Å². The number of benzene rings is 2. The molecule has 0 aliphatic carbocycles. The van der Waals surface area contributed by atoms with Crippen LogP contribution in [0.3, 0.4) is 0 Å². The molecule has 0 radical (unpaired) electrons. The van der Waals surface area contributed by atoms with Crippen molar-refractivity contribution in [2.75, 3.05) is 24.4 Å². The van der Waals surface area contributed by atoms with Crippen molar-refractivity contribution >= 4 is 49.6 Å². The van der Waals surface area contributed by atoms with E-state index in [2.05, 4.69) is 20.2 Å². The Kier molecular flexibility index (Phi) is 7.76. The maximum Gasteiger partial charge on any atom is 0.435 e. The van der Waals surface area contributed by atoms with Crippen LogP contribution in [-0.2, 0) is 16.2 Å². The Morgan fingerprint density at radius 2 is 2.00 bits per heavy atom. The van der Waals surface area contributed by atoms with Crippen molar-refractivity contribution in [2.45, 2.75) is 16.5 Å². The van der Waals surface area contributed by atoms with Gasteiger partial charge in [-0.25, -0.2) is 8.42 Å². The fourth-order valence-electron chi connectivity index (χ4n) is 3.34. The summed E-state index contributed by atoms with van der Waals surface area (Å²) in [5, 5.41) is 21.0. The molecular weight excluding hydrogens is 541 g/mol. The molecule has 0 fully saturated rings. The molecule has 0 saturated heterocycles. The maximum absolute atomic E-state index is 12.9. The monoisotopic (exact) mass is 560 g/mol. The van der Waals surface area contributed by atoms with E-state index >= 15 is 0 Å². The zero-order chi connectivity index (χ0) is 25.9. The molecule has 0 spiro atoms. The molecule has 0 aliphatic rings. The minimum Gasteiger partial charge on any atom is -0.492 e. The van der Waals surface area contributed by atoms with Crippen molar-refractivity contribution < 1.29 is 31.4 Å². The number of thiophene rings is 1. The van der Waals surface area contributed by atoms with Gasteiger partial charge in [-0.2, -0.15) is 18.3 Å². The molecule has 1 unspecified atom stereocenters. The lowest BCUT2D eigenvalue weighted by molar-refractivity contribution is -0.139. The van der Waals surface area contributed by atoms with Crippen LogP contribution in [0.1, 0.15) is 17.4 Å². The summed E-state index contributed by atoms with van der Waals surface area (Å²) in [4.78, 5) is 0. The normalized spacial score (nSPS) is 13.1. The van der Waals surface area contributed by atoms with Gasteiger partial charge in [-0.3, -0.25) is 9.82 Å². The first kappa shape index (κ1) is 26.2. The van der Waals surface area contributed by atoms with E-state index < -0.39 is 28.0 Å².